The predicted molar refractivity (Wildman–Crippen MR) is 76.7 cm³/mol. The summed E-state index contributed by atoms with van der Waals surface area (Å²) in [6.07, 6.45) is 2.67. The van der Waals surface area contributed by atoms with E-state index < -0.39 is 16.4 Å². The summed E-state index contributed by atoms with van der Waals surface area (Å²) < 4.78 is 5.30. The molecule has 0 aromatic heterocycles. The lowest BCUT2D eigenvalue weighted by Gasteiger charge is -2.26. The number of nitrogens with zero attached hydrogens (tertiary/aromatic N) is 1. The zero-order valence-electron chi connectivity index (χ0n) is 11.8. The van der Waals surface area contributed by atoms with E-state index in [1.807, 2.05) is 0 Å². The van der Waals surface area contributed by atoms with Crippen LogP contribution in [0.3, 0.4) is 0 Å². The predicted octanol–water partition coefficient (Wildman–Crippen LogP) is 2.80. The molecule has 2 rings (SSSR count). The normalized spacial score (nSPS) is 16.4. The molecule has 114 valence electrons. The largest absolute Gasteiger partial charge is 0.494 e. The van der Waals surface area contributed by atoms with Crippen LogP contribution in [0.25, 0.3) is 0 Å². The maximum Gasteiger partial charge on any atom is 0.329 e. The summed E-state index contributed by atoms with van der Waals surface area (Å²) in [7, 11) is 0. The number of benzene rings is 1. The second kappa shape index (κ2) is 5.99. The molecule has 0 spiro atoms. The Morgan fingerprint density at radius 1 is 1.43 bits per heavy atom. The number of nitro benzene ring substituents is 1. The van der Waals surface area contributed by atoms with Crippen LogP contribution in [-0.4, -0.2) is 28.1 Å². The molecule has 0 amide bonds. The summed E-state index contributed by atoms with van der Waals surface area (Å²) in [5.74, 6) is -0.572. The molecule has 0 heterocycles. The van der Waals surface area contributed by atoms with E-state index in [9.17, 15) is 20.0 Å². The summed E-state index contributed by atoms with van der Waals surface area (Å²) in [6, 6.07) is 4.27. The standard InChI is InChI=1S/C14H18N2O5/c1-2-21-12-8-10(7-11(9-12)16(19)20)15-14(13(17)18)5-3-4-6-14/h7-9,15H,2-6H2,1H3,(H,17,18). The van der Waals surface area contributed by atoms with E-state index in [-0.39, 0.29) is 5.69 Å². The van der Waals surface area contributed by atoms with Gasteiger partial charge in [0.05, 0.1) is 17.6 Å². The zero-order valence-corrected chi connectivity index (χ0v) is 11.8. The van der Waals surface area contributed by atoms with Gasteiger partial charge in [-0.3, -0.25) is 10.1 Å². The van der Waals surface area contributed by atoms with E-state index in [2.05, 4.69) is 5.32 Å². The van der Waals surface area contributed by atoms with Crippen molar-refractivity contribution in [2.75, 3.05) is 11.9 Å². The molecule has 1 aliphatic rings. The summed E-state index contributed by atoms with van der Waals surface area (Å²) in [6.45, 7) is 2.16. The molecule has 1 aromatic rings. The van der Waals surface area contributed by atoms with Gasteiger partial charge >= 0.3 is 5.97 Å². The van der Waals surface area contributed by atoms with Crippen molar-refractivity contribution < 1.29 is 19.6 Å². The summed E-state index contributed by atoms with van der Waals surface area (Å²) in [5.41, 5.74) is -0.766. The van der Waals surface area contributed by atoms with E-state index in [0.717, 1.165) is 12.8 Å². The number of non-ortho nitro benzene ring substituents is 1. The Morgan fingerprint density at radius 3 is 2.62 bits per heavy atom. The molecule has 1 fully saturated rings. The van der Waals surface area contributed by atoms with Crippen molar-refractivity contribution in [1.29, 1.82) is 0 Å². The van der Waals surface area contributed by atoms with Crippen LogP contribution in [0, 0.1) is 10.1 Å². The number of anilines is 1. The first-order valence-corrected chi connectivity index (χ1v) is 6.91. The molecule has 7 heteroatoms. The molecule has 21 heavy (non-hydrogen) atoms. The van der Waals surface area contributed by atoms with Crippen molar-refractivity contribution in [3.05, 3.63) is 28.3 Å². The minimum atomic E-state index is -1.04. The minimum Gasteiger partial charge on any atom is -0.494 e. The molecule has 0 unspecified atom stereocenters. The van der Waals surface area contributed by atoms with Crippen molar-refractivity contribution >= 4 is 17.3 Å². The van der Waals surface area contributed by atoms with Crippen LogP contribution < -0.4 is 10.1 Å². The number of aliphatic carboxylic acids is 1. The van der Waals surface area contributed by atoms with E-state index in [0.29, 0.717) is 30.9 Å². The highest BCUT2D eigenvalue weighted by atomic mass is 16.6. The molecule has 0 atom stereocenters. The van der Waals surface area contributed by atoms with Crippen LogP contribution in [0.2, 0.25) is 0 Å². The summed E-state index contributed by atoms with van der Waals surface area (Å²) in [5, 5.41) is 23.4. The van der Waals surface area contributed by atoms with Gasteiger partial charge in [0.15, 0.2) is 0 Å². The fourth-order valence-electron chi connectivity index (χ4n) is 2.66. The van der Waals surface area contributed by atoms with Gasteiger partial charge in [-0.15, -0.1) is 0 Å². The Kier molecular flexibility index (Phi) is 4.30. The molecular formula is C14H18N2O5. The van der Waals surface area contributed by atoms with Gasteiger partial charge in [-0.1, -0.05) is 12.8 Å². The number of ether oxygens (including phenoxy) is 1. The lowest BCUT2D eigenvalue weighted by atomic mass is 9.97. The molecule has 2 N–H and O–H groups in total. The second-order valence-corrected chi connectivity index (χ2v) is 5.13. The highest BCUT2D eigenvalue weighted by Gasteiger charge is 2.41. The van der Waals surface area contributed by atoms with Crippen LogP contribution >= 0.6 is 0 Å². The fourth-order valence-corrected chi connectivity index (χ4v) is 2.66. The third kappa shape index (κ3) is 3.24. The Hall–Kier alpha value is -2.31. The van der Waals surface area contributed by atoms with Gasteiger partial charge in [-0.25, -0.2) is 4.79 Å². The van der Waals surface area contributed by atoms with Crippen LogP contribution in [0.5, 0.6) is 5.75 Å². The van der Waals surface area contributed by atoms with Crippen LogP contribution in [-0.2, 0) is 4.79 Å². The number of hydrogen-bond donors (Lipinski definition) is 2. The number of nitro groups is 1. The van der Waals surface area contributed by atoms with Crippen molar-refractivity contribution in [2.24, 2.45) is 0 Å². The molecule has 0 aliphatic heterocycles. The number of carboxylic acids is 1. The smallest absolute Gasteiger partial charge is 0.329 e. The van der Waals surface area contributed by atoms with E-state index in [4.69, 9.17) is 4.74 Å². The second-order valence-electron chi connectivity index (χ2n) is 5.13. The number of carbonyl (C=O) groups is 1. The van der Waals surface area contributed by atoms with Gasteiger partial charge < -0.3 is 15.2 Å². The van der Waals surface area contributed by atoms with Gasteiger partial charge in [0, 0.05) is 17.8 Å². The summed E-state index contributed by atoms with van der Waals surface area (Å²) in [4.78, 5) is 22.0. The van der Waals surface area contributed by atoms with E-state index in [1.165, 1.54) is 12.1 Å². The van der Waals surface area contributed by atoms with Crippen LogP contribution in [0.1, 0.15) is 32.6 Å². The Morgan fingerprint density at radius 2 is 2.10 bits per heavy atom. The Labute approximate surface area is 122 Å². The van der Waals surface area contributed by atoms with E-state index >= 15 is 0 Å². The van der Waals surface area contributed by atoms with Crippen LogP contribution in [0.15, 0.2) is 18.2 Å². The maximum absolute atomic E-state index is 11.5. The van der Waals surface area contributed by atoms with Crippen molar-refractivity contribution in [1.82, 2.24) is 0 Å². The molecule has 0 saturated heterocycles. The number of rotatable bonds is 6. The first-order valence-electron chi connectivity index (χ1n) is 6.91. The molecule has 1 aromatic carbocycles. The SMILES string of the molecule is CCOc1cc(NC2(C(=O)O)CCCC2)cc([N+](=O)[O-])c1. The van der Waals surface area contributed by atoms with Crippen molar-refractivity contribution in [2.45, 2.75) is 38.1 Å². The zero-order chi connectivity index (χ0) is 15.5. The third-order valence-electron chi connectivity index (χ3n) is 3.66. The topological polar surface area (TPSA) is 102 Å². The van der Waals surface area contributed by atoms with Gasteiger partial charge in [0.1, 0.15) is 11.3 Å². The molecular weight excluding hydrogens is 276 g/mol. The highest BCUT2D eigenvalue weighted by Crippen LogP contribution is 2.35. The molecule has 7 nitrogen and oxygen atoms in total. The van der Waals surface area contributed by atoms with Crippen molar-refractivity contribution in [3.63, 3.8) is 0 Å². The third-order valence-corrected chi connectivity index (χ3v) is 3.66. The van der Waals surface area contributed by atoms with Gasteiger partial charge in [-0.2, -0.15) is 0 Å². The van der Waals surface area contributed by atoms with Gasteiger partial charge in [0.25, 0.3) is 5.69 Å². The Bertz CT molecular complexity index is 552. The van der Waals surface area contributed by atoms with Crippen molar-refractivity contribution in [3.8, 4) is 5.75 Å². The summed E-state index contributed by atoms with van der Waals surface area (Å²) >= 11 is 0. The minimum absolute atomic E-state index is 0.123. The maximum atomic E-state index is 11.5. The first kappa shape index (κ1) is 15.1. The number of nitrogens with one attached hydrogen (secondary N) is 1. The molecule has 0 radical (unpaired) electrons. The van der Waals surface area contributed by atoms with Gasteiger partial charge in [0.2, 0.25) is 0 Å². The monoisotopic (exact) mass is 294 g/mol. The average Bonchev–Trinajstić information content (AvgIpc) is 2.88. The number of hydrogen-bond acceptors (Lipinski definition) is 5. The van der Waals surface area contributed by atoms with Crippen LogP contribution in [0.4, 0.5) is 11.4 Å². The van der Waals surface area contributed by atoms with Gasteiger partial charge in [-0.05, 0) is 19.8 Å². The highest BCUT2D eigenvalue weighted by molar-refractivity contribution is 5.83. The van der Waals surface area contributed by atoms with E-state index in [1.54, 1.807) is 13.0 Å². The Balaban J connectivity index is 2.33. The molecule has 1 saturated carbocycles. The lowest BCUT2D eigenvalue weighted by molar-refractivity contribution is -0.384. The lowest BCUT2D eigenvalue weighted by Crippen LogP contribution is -2.43. The number of carboxylic acid groups (broad SMARTS) is 1. The quantitative estimate of drug-likeness (QED) is 0.618. The molecule has 1 aliphatic carbocycles. The average molecular weight is 294 g/mol. The molecule has 0 bridgehead atoms. The first-order chi connectivity index (χ1) is 9.97. The fraction of sp³-hybridized carbons (Fsp3) is 0.500.